The number of nitrogens with zero attached hydrogens (tertiary/aromatic N) is 1. The van der Waals surface area contributed by atoms with E-state index >= 15 is 0 Å². The molecule has 2 bridgehead atoms. The quantitative estimate of drug-likeness (QED) is 0.200. The number of carboxylic acid groups (broad SMARTS) is 1. The number of carbonyl (C=O) groups is 6. The highest BCUT2D eigenvalue weighted by atomic mass is 32.2. The molecule has 0 fully saturated rings. The van der Waals surface area contributed by atoms with Gasteiger partial charge in [-0.25, -0.2) is 9.78 Å². The average Bonchev–Trinajstić information content (AvgIpc) is 3.32. The molecule has 0 aliphatic carbocycles. The molecule has 1 aromatic heterocycles. The van der Waals surface area contributed by atoms with Crippen molar-refractivity contribution in [2.45, 2.75) is 77.6 Å². The van der Waals surface area contributed by atoms with Crippen LogP contribution in [0.15, 0.2) is 17.5 Å². The van der Waals surface area contributed by atoms with Gasteiger partial charge in [-0.2, -0.15) is 0 Å². The average molecular weight is 583 g/mol. The van der Waals surface area contributed by atoms with Crippen LogP contribution in [0.1, 0.15) is 68.9 Å². The minimum absolute atomic E-state index is 0.0620. The van der Waals surface area contributed by atoms with Crippen molar-refractivity contribution >= 4 is 57.9 Å². The number of nitrogens with one attached hydrogen (secondary N) is 3. The van der Waals surface area contributed by atoms with E-state index in [1.54, 1.807) is 26.0 Å². The molecular formula is C25H34N4O8S2. The number of aliphatic carboxylic acids is 1. The Labute approximate surface area is 234 Å². The predicted molar refractivity (Wildman–Crippen MR) is 145 cm³/mol. The largest absolute Gasteiger partial charge is 0.481 e. The molecule has 1 aliphatic heterocycles. The van der Waals surface area contributed by atoms with Crippen molar-refractivity contribution in [2.24, 2.45) is 5.92 Å². The van der Waals surface area contributed by atoms with Gasteiger partial charge in [-0.15, -0.1) is 11.3 Å². The lowest BCUT2D eigenvalue weighted by Crippen LogP contribution is -2.59. The number of ether oxygens (including phenoxy) is 1. The van der Waals surface area contributed by atoms with Crippen LogP contribution < -0.4 is 16.0 Å². The third-order valence-electron chi connectivity index (χ3n) is 5.52. The Morgan fingerprint density at radius 1 is 1.26 bits per heavy atom. The molecular weight excluding hydrogens is 548 g/mol. The number of amides is 3. The maximum Gasteiger partial charge on any atom is 0.329 e. The van der Waals surface area contributed by atoms with Gasteiger partial charge in [-0.1, -0.05) is 31.7 Å². The zero-order valence-corrected chi connectivity index (χ0v) is 23.9. The van der Waals surface area contributed by atoms with E-state index < -0.39 is 47.3 Å². The van der Waals surface area contributed by atoms with Crippen LogP contribution in [-0.2, 0) is 35.3 Å². The van der Waals surface area contributed by atoms with Crippen molar-refractivity contribution in [1.29, 1.82) is 0 Å². The molecule has 0 aromatic carbocycles. The lowest BCUT2D eigenvalue weighted by atomic mass is 9.99. The first-order valence-electron chi connectivity index (χ1n) is 12.4. The highest BCUT2D eigenvalue weighted by Crippen LogP contribution is 2.16. The Morgan fingerprint density at radius 2 is 1.97 bits per heavy atom. The molecule has 214 valence electrons. The van der Waals surface area contributed by atoms with Crippen LogP contribution in [0.25, 0.3) is 0 Å². The number of esters is 1. The van der Waals surface area contributed by atoms with E-state index in [1.165, 1.54) is 30.6 Å². The SMILES string of the molecule is CC(C)[C@@H]1NC(=O)C(C)(C)NC(=O)c2csc(n2)CNC(=O)C[C@@H](/C=C/CCSC(=O)CCC(=O)O)OC1=O. The van der Waals surface area contributed by atoms with Gasteiger partial charge in [0, 0.05) is 17.6 Å². The number of carboxylic acids is 1. The maximum absolute atomic E-state index is 13.1. The Morgan fingerprint density at radius 3 is 2.64 bits per heavy atom. The van der Waals surface area contributed by atoms with Gasteiger partial charge in [0.15, 0.2) is 5.12 Å². The van der Waals surface area contributed by atoms with Gasteiger partial charge in [-0.05, 0) is 32.3 Å². The van der Waals surface area contributed by atoms with E-state index in [9.17, 15) is 28.8 Å². The maximum atomic E-state index is 13.1. The summed E-state index contributed by atoms with van der Waals surface area (Å²) in [4.78, 5) is 77.9. The third-order valence-corrected chi connectivity index (χ3v) is 7.33. The predicted octanol–water partition coefficient (Wildman–Crippen LogP) is 1.79. The summed E-state index contributed by atoms with van der Waals surface area (Å²) in [6.07, 6.45) is 2.20. The minimum Gasteiger partial charge on any atom is -0.481 e. The van der Waals surface area contributed by atoms with E-state index in [0.717, 1.165) is 11.8 Å². The molecule has 0 unspecified atom stereocenters. The molecule has 2 rings (SSSR count). The molecule has 2 heterocycles. The number of carbonyl (C=O) groups excluding carboxylic acids is 5. The van der Waals surface area contributed by atoms with Crippen LogP contribution in [0.5, 0.6) is 0 Å². The van der Waals surface area contributed by atoms with E-state index in [-0.39, 0.29) is 42.5 Å². The molecule has 1 aliphatic rings. The Hall–Kier alpha value is -3.26. The minimum atomic E-state index is -1.36. The van der Waals surface area contributed by atoms with Gasteiger partial charge in [0.2, 0.25) is 11.8 Å². The fraction of sp³-hybridized carbons (Fsp3) is 0.560. The lowest BCUT2D eigenvalue weighted by molar-refractivity contribution is -0.153. The van der Waals surface area contributed by atoms with E-state index in [4.69, 9.17) is 9.84 Å². The molecule has 39 heavy (non-hydrogen) atoms. The number of thiazole rings is 1. The second-order valence-corrected chi connectivity index (χ2v) is 11.8. The van der Waals surface area contributed by atoms with Gasteiger partial charge in [0.1, 0.15) is 28.4 Å². The highest BCUT2D eigenvalue weighted by molar-refractivity contribution is 8.13. The Kier molecular flexibility index (Phi) is 12.1. The fourth-order valence-corrected chi connectivity index (χ4v) is 4.73. The summed E-state index contributed by atoms with van der Waals surface area (Å²) in [6, 6.07) is -1.05. The number of allylic oxidation sites excluding steroid dienone is 1. The number of rotatable bonds is 8. The summed E-state index contributed by atoms with van der Waals surface area (Å²) >= 11 is 2.18. The first-order valence-corrected chi connectivity index (χ1v) is 14.2. The zero-order valence-electron chi connectivity index (χ0n) is 22.3. The number of aromatic nitrogens is 1. The monoisotopic (exact) mass is 582 g/mol. The Balaban J connectivity index is 2.19. The van der Waals surface area contributed by atoms with Crippen molar-refractivity contribution in [2.75, 3.05) is 5.75 Å². The second-order valence-electron chi connectivity index (χ2n) is 9.69. The van der Waals surface area contributed by atoms with Gasteiger partial charge in [0.05, 0.1) is 19.4 Å². The fourth-order valence-electron chi connectivity index (χ4n) is 3.29. The first-order chi connectivity index (χ1) is 18.3. The summed E-state index contributed by atoms with van der Waals surface area (Å²) < 4.78 is 5.61. The smallest absolute Gasteiger partial charge is 0.329 e. The molecule has 0 saturated carbocycles. The summed E-state index contributed by atoms with van der Waals surface area (Å²) in [5.41, 5.74) is -1.25. The zero-order chi connectivity index (χ0) is 29.2. The van der Waals surface area contributed by atoms with E-state index in [2.05, 4.69) is 20.9 Å². The summed E-state index contributed by atoms with van der Waals surface area (Å²) in [6.45, 7) is 6.53. The Bertz CT molecular complexity index is 1120. The van der Waals surface area contributed by atoms with Crippen LogP contribution in [0, 0.1) is 5.92 Å². The molecule has 2 atom stereocenters. The van der Waals surface area contributed by atoms with Crippen LogP contribution >= 0.6 is 23.1 Å². The van der Waals surface area contributed by atoms with Crippen molar-refractivity contribution in [3.8, 4) is 0 Å². The van der Waals surface area contributed by atoms with Gasteiger partial charge < -0.3 is 25.8 Å². The molecule has 12 nitrogen and oxygen atoms in total. The number of hydrogen-bond donors (Lipinski definition) is 4. The lowest BCUT2D eigenvalue weighted by Gasteiger charge is -2.29. The third kappa shape index (κ3) is 10.8. The summed E-state index contributed by atoms with van der Waals surface area (Å²) in [5, 5.41) is 18.4. The molecule has 0 saturated heterocycles. The number of cyclic esters (lactones) is 1. The van der Waals surface area contributed by atoms with Crippen molar-refractivity contribution in [3.05, 3.63) is 28.2 Å². The van der Waals surface area contributed by atoms with Crippen LogP contribution in [0.3, 0.4) is 0 Å². The molecule has 0 spiro atoms. The second kappa shape index (κ2) is 14.8. The molecule has 4 N–H and O–H groups in total. The van der Waals surface area contributed by atoms with Gasteiger partial charge >= 0.3 is 11.9 Å². The van der Waals surface area contributed by atoms with Crippen LogP contribution in [0.2, 0.25) is 0 Å². The normalized spacial score (nSPS) is 20.7. The molecule has 1 aromatic rings. The van der Waals surface area contributed by atoms with Crippen molar-refractivity contribution in [1.82, 2.24) is 20.9 Å². The first kappa shape index (κ1) is 32.0. The molecule has 3 amide bonds. The van der Waals surface area contributed by atoms with Gasteiger partial charge in [-0.3, -0.25) is 24.0 Å². The number of fused-ring (bicyclic) bond motifs is 2. The van der Waals surface area contributed by atoms with Crippen molar-refractivity contribution < 1.29 is 38.6 Å². The topological polar surface area (TPSA) is 181 Å². The van der Waals surface area contributed by atoms with E-state index in [0.29, 0.717) is 17.2 Å². The summed E-state index contributed by atoms with van der Waals surface area (Å²) in [5.74, 6) is -3.33. The molecule has 0 radical (unpaired) electrons. The van der Waals surface area contributed by atoms with E-state index in [1.807, 2.05) is 0 Å². The standard InChI is InChI=1S/C25H34N4O8S2/c1-14(2)21-23(35)37-15(7-5-6-10-38-20(33)9-8-19(31)32)11-17(30)26-12-18-27-16(13-39-18)22(34)29-25(3,4)24(36)28-21/h5,7,13-15,21H,6,8-12H2,1-4H3,(H,26,30)(H,28,36)(H,29,34)(H,31,32)/b7-5+/t15-,21+/m1/s1. The van der Waals surface area contributed by atoms with Crippen LogP contribution in [0.4, 0.5) is 0 Å². The number of hydrogen-bond acceptors (Lipinski definition) is 10. The highest BCUT2D eigenvalue weighted by Gasteiger charge is 2.36. The summed E-state index contributed by atoms with van der Waals surface area (Å²) in [7, 11) is 0. The molecule has 14 heteroatoms. The van der Waals surface area contributed by atoms with Gasteiger partial charge in [0.25, 0.3) is 5.91 Å². The number of thioether (sulfide) groups is 1. The van der Waals surface area contributed by atoms with Crippen molar-refractivity contribution in [3.63, 3.8) is 0 Å². The van der Waals surface area contributed by atoms with Crippen LogP contribution in [-0.4, -0.2) is 68.3 Å².